The summed E-state index contributed by atoms with van der Waals surface area (Å²) in [7, 11) is 0. The van der Waals surface area contributed by atoms with Gasteiger partial charge in [-0.3, -0.25) is 34.2 Å². The number of aryl methyl sites for hydroxylation is 1. The Labute approximate surface area is 374 Å². The van der Waals surface area contributed by atoms with E-state index < -0.39 is 29.7 Å². The third-order valence-electron chi connectivity index (χ3n) is 12.8. The second-order valence-electron chi connectivity index (χ2n) is 17.2. The number of rotatable bonds is 15. The van der Waals surface area contributed by atoms with Crippen LogP contribution in [0.25, 0.3) is 0 Å². The van der Waals surface area contributed by atoms with Gasteiger partial charge < -0.3 is 15.0 Å². The number of imide groups is 2. The first-order valence-corrected chi connectivity index (χ1v) is 22.8. The predicted octanol–water partition coefficient (Wildman–Crippen LogP) is 8.62. The van der Waals surface area contributed by atoms with E-state index in [0.717, 1.165) is 106 Å². The molecule has 3 fully saturated rings. The lowest BCUT2D eigenvalue weighted by atomic mass is 9.87. The van der Waals surface area contributed by atoms with Gasteiger partial charge in [0.2, 0.25) is 17.6 Å². The van der Waals surface area contributed by atoms with Crippen molar-refractivity contribution in [3.8, 4) is 23.7 Å². The topological polar surface area (TPSA) is 162 Å². The summed E-state index contributed by atoms with van der Waals surface area (Å²) in [6.45, 7) is 10.3. The van der Waals surface area contributed by atoms with Crippen molar-refractivity contribution >= 4 is 52.5 Å². The number of nitrogens with zero attached hydrogens (tertiary/aromatic N) is 4. The number of carbonyl (C=O) groups excluding carboxylic acids is 5. The Kier molecular flexibility index (Phi) is 14.6. The Morgan fingerprint density at radius 1 is 0.968 bits per heavy atom. The van der Waals surface area contributed by atoms with Gasteiger partial charge in [-0.1, -0.05) is 49.9 Å². The molecule has 0 bridgehead atoms. The van der Waals surface area contributed by atoms with Gasteiger partial charge >= 0.3 is 0 Å². The van der Waals surface area contributed by atoms with Crippen LogP contribution in [-0.2, 0) is 16.0 Å². The van der Waals surface area contributed by atoms with E-state index in [4.69, 9.17) is 26.6 Å². The maximum absolute atomic E-state index is 13.4. The van der Waals surface area contributed by atoms with Crippen molar-refractivity contribution in [2.45, 2.75) is 122 Å². The third-order valence-corrected chi connectivity index (χ3v) is 13.1. The van der Waals surface area contributed by atoms with Crippen LogP contribution < -0.4 is 20.3 Å². The van der Waals surface area contributed by atoms with Crippen molar-refractivity contribution in [3.63, 3.8) is 0 Å². The summed E-state index contributed by atoms with van der Waals surface area (Å²) in [4.78, 5) is 72.1. The summed E-state index contributed by atoms with van der Waals surface area (Å²) in [5.41, 5.74) is 4.40. The van der Waals surface area contributed by atoms with Crippen LogP contribution in [0.3, 0.4) is 0 Å². The second kappa shape index (κ2) is 20.5. The summed E-state index contributed by atoms with van der Waals surface area (Å²) in [6, 6.07) is 15.5. The van der Waals surface area contributed by atoms with Gasteiger partial charge in [-0.2, -0.15) is 5.26 Å². The first-order chi connectivity index (χ1) is 30.4. The van der Waals surface area contributed by atoms with Crippen LogP contribution in [0.4, 0.5) is 11.5 Å². The average molecular weight is 871 g/mol. The molecular formula is C50H55ClN6O6. The molecule has 1 saturated carbocycles. The van der Waals surface area contributed by atoms with Crippen molar-refractivity contribution in [1.82, 2.24) is 15.2 Å². The van der Waals surface area contributed by atoms with Crippen LogP contribution in [0.5, 0.6) is 5.75 Å². The molecule has 13 heteroatoms. The Bertz CT molecular complexity index is 2380. The number of hydrogen-bond acceptors (Lipinski definition) is 10. The number of benzene rings is 2. The number of hydrogen-bond donors (Lipinski definition) is 2. The third kappa shape index (κ3) is 10.8. The molecule has 2 saturated heterocycles. The van der Waals surface area contributed by atoms with E-state index in [1.165, 1.54) is 5.57 Å². The summed E-state index contributed by atoms with van der Waals surface area (Å²) in [6.07, 6.45) is 10.9. The Balaban J connectivity index is 0.855. The Morgan fingerprint density at radius 2 is 1.73 bits per heavy atom. The van der Waals surface area contributed by atoms with E-state index in [-0.39, 0.29) is 42.3 Å². The smallest absolute Gasteiger partial charge is 0.262 e. The highest BCUT2D eigenvalue weighted by Gasteiger charge is 2.45. The zero-order valence-corrected chi connectivity index (χ0v) is 36.9. The normalized spacial score (nSPS) is 20.6. The lowest BCUT2D eigenvalue weighted by Gasteiger charge is -2.34. The number of Topliss-reactive ketones (excluding diaryl/α,β-unsaturated/α-hetero) is 1. The number of nitrogens with one attached hydrogen (secondary N) is 2. The number of fused-ring (bicyclic) bond motifs is 1. The summed E-state index contributed by atoms with van der Waals surface area (Å²) in [5.74, 6) is 5.97. The van der Waals surface area contributed by atoms with Crippen molar-refractivity contribution in [2.75, 3.05) is 23.3 Å². The zero-order chi connectivity index (χ0) is 44.6. The number of aromatic nitrogens is 1. The summed E-state index contributed by atoms with van der Waals surface area (Å²) < 4.78 is 6.11. The van der Waals surface area contributed by atoms with E-state index in [1.54, 1.807) is 30.3 Å². The highest BCUT2D eigenvalue weighted by Crippen LogP contribution is 2.34. The van der Waals surface area contributed by atoms with Gasteiger partial charge in [0.25, 0.3) is 11.8 Å². The molecule has 2 atom stereocenters. The minimum Gasteiger partial charge on any atom is -0.490 e. The van der Waals surface area contributed by atoms with Crippen molar-refractivity contribution in [1.29, 1.82) is 5.26 Å². The number of piperidine rings is 2. The van der Waals surface area contributed by atoms with Crippen molar-refractivity contribution in [3.05, 3.63) is 93.7 Å². The van der Waals surface area contributed by atoms with Crippen LogP contribution >= 0.6 is 11.6 Å². The lowest BCUT2D eigenvalue weighted by Crippen LogP contribution is -2.54. The molecule has 12 nitrogen and oxygen atoms in total. The summed E-state index contributed by atoms with van der Waals surface area (Å²) in [5, 5.41) is 15.4. The molecule has 0 spiro atoms. The SMILES string of the molecule is C=C(CCC(CCC)Nc1ccc(C(=O)C#CC2CCC(Oc3ccc(C#N)c(Cl)c3)CC2)c(CC)n1)CC1CCN(c2ccc3c(c2)C(=O)N(C2CCC(=O)NC2=O)C3=O)CC1. The van der Waals surface area contributed by atoms with Gasteiger partial charge in [0.05, 0.1) is 39.1 Å². The molecule has 0 radical (unpaired) electrons. The number of halogens is 1. The van der Waals surface area contributed by atoms with Crippen LogP contribution in [-0.4, -0.2) is 70.6 Å². The van der Waals surface area contributed by atoms with Gasteiger partial charge in [0.1, 0.15) is 23.7 Å². The monoisotopic (exact) mass is 870 g/mol. The maximum Gasteiger partial charge on any atom is 0.262 e. The number of pyridine rings is 1. The van der Waals surface area contributed by atoms with Gasteiger partial charge in [0, 0.05) is 43.2 Å². The molecule has 3 aliphatic heterocycles. The van der Waals surface area contributed by atoms with E-state index in [0.29, 0.717) is 39.8 Å². The number of nitriles is 1. The number of ether oxygens (including phenoxy) is 1. The Morgan fingerprint density at radius 3 is 2.43 bits per heavy atom. The van der Waals surface area contributed by atoms with Crippen molar-refractivity contribution in [2.24, 2.45) is 11.8 Å². The summed E-state index contributed by atoms with van der Waals surface area (Å²) >= 11 is 6.17. The molecule has 2 N–H and O–H groups in total. The molecule has 328 valence electrons. The molecule has 4 aliphatic rings. The molecule has 2 aromatic carbocycles. The fourth-order valence-electron chi connectivity index (χ4n) is 9.26. The second-order valence-corrected chi connectivity index (χ2v) is 17.6. The molecule has 2 unspecified atom stereocenters. The fraction of sp³-hybridized carbons (Fsp3) is 0.460. The average Bonchev–Trinajstić information content (AvgIpc) is 3.53. The van der Waals surface area contributed by atoms with E-state index >= 15 is 0 Å². The number of carbonyl (C=O) groups is 5. The lowest BCUT2D eigenvalue weighted by molar-refractivity contribution is -0.136. The quantitative estimate of drug-likeness (QED) is 0.0497. The molecule has 63 heavy (non-hydrogen) atoms. The fourth-order valence-corrected chi connectivity index (χ4v) is 9.47. The largest absolute Gasteiger partial charge is 0.490 e. The Hall–Kier alpha value is -5.98. The van der Waals surface area contributed by atoms with E-state index in [9.17, 15) is 24.0 Å². The molecule has 3 aromatic rings. The number of anilines is 2. The molecule has 1 aromatic heterocycles. The van der Waals surface area contributed by atoms with Crippen LogP contribution in [0.1, 0.15) is 140 Å². The first-order valence-electron chi connectivity index (χ1n) is 22.4. The molecule has 4 heterocycles. The van der Waals surface area contributed by atoms with Gasteiger partial charge in [-0.05, 0) is 131 Å². The predicted molar refractivity (Wildman–Crippen MR) is 242 cm³/mol. The van der Waals surface area contributed by atoms with Crippen LogP contribution in [0, 0.1) is 35.0 Å². The van der Waals surface area contributed by atoms with Crippen LogP contribution in [0.15, 0.2) is 60.7 Å². The molecular weight excluding hydrogens is 816 g/mol. The van der Waals surface area contributed by atoms with Crippen molar-refractivity contribution < 1.29 is 28.7 Å². The van der Waals surface area contributed by atoms with Gasteiger partial charge in [-0.25, -0.2) is 4.98 Å². The molecule has 1 aliphatic carbocycles. The zero-order valence-electron chi connectivity index (χ0n) is 36.1. The number of ketones is 1. The van der Waals surface area contributed by atoms with E-state index in [2.05, 4.69) is 46.9 Å². The number of amides is 4. The first kappa shape index (κ1) is 45.1. The standard InChI is InChI=1S/C50H55ClN6O6/c1-4-6-35(53-46-21-18-40(43(5-2)54-46)45(58)20-10-32-8-14-37(15-9-32)63-38-16-11-34(30-52)42(51)29-38)12-7-31(3)27-33-23-25-56(26-24-33)36-13-17-39-41(28-36)50(62)57(49(39)61)44-19-22-47(59)55-48(44)60/h11,13,16-18,21,28-29,32-33,35,37,44H,3-9,12,14-15,19,22-27H2,1-2H3,(H,53,54)(H,55,59,60). The highest BCUT2D eigenvalue weighted by molar-refractivity contribution is 6.31. The minimum atomic E-state index is -0.981. The van der Waals surface area contributed by atoms with Gasteiger partial charge in [0.15, 0.2) is 0 Å². The molecule has 7 rings (SSSR count). The molecule has 4 amide bonds. The number of allylic oxidation sites excluding steroid dienone is 1. The highest BCUT2D eigenvalue weighted by atomic mass is 35.5. The van der Waals surface area contributed by atoms with Crippen LogP contribution in [0.2, 0.25) is 5.02 Å². The van der Waals surface area contributed by atoms with Gasteiger partial charge in [-0.15, -0.1) is 0 Å². The van der Waals surface area contributed by atoms with E-state index in [1.807, 2.05) is 25.1 Å². The maximum atomic E-state index is 13.4. The minimum absolute atomic E-state index is 0.0389.